The second-order valence-electron chi connectivity index (χ2n) is 11.0. The van der Waals surface area contributed by atoms with Crippen molar-refractivity contribution in [3.63, 3.8) is 0 Å². The fourth-order valence-electron chi connectivity index (χ4n) is 6.32. The highest BCUT2D eigenvalue weighted by Crippen LogP contribution is 2.42. The van der Waals surface area contributed by atoms with Gasteiger partial charge in [0.1, 0.15) is 0 Å². The van der Waals surface area contributed by atoms with Crippen molar-refractivity contribution in [2.45, 2.75) is 115 Å². The van der Waals surface area contributed by atoms with Crippen LogP contribution in [0, 0.1) is 23.6 Å². The van der Waals surface area contributed by atoms with E-state index in [0.29, 0.717) is 0 Å². The first-order valence-electron chi connectivity index (χ1n) is 13.8. The van der Waals surface area contributed by atoms with Crippen LogP contribution in [-0.2, 0) is 6.42 Å². The summed E-state index contributed by atoms with van der Waals surface area (Å²) in [5.41, 5.74) is 0.828. The summed E-state index contributed by atoms with van der Waals surface area (Å²) in [6.45, 7) is 0.839. The Morgan fingerprint density at radius 1 is 0.912 bits per heavy atom. The Bertz CT molecular complexity index is 707. The summed E-state index contributed by atoms with van der Waals surface area (Å²) in [7, 11) is -0.401. The first-order chi connectivity index (χ1) is 16.3. The van der Waals surface area contributed by atoms with Crippen LogP contribution < -0.4 is 4.74 Å². The van der Waals surface area contributed by atoms with Crippen molar-refractivity contribution < 1.29 is 22.3 Å². The van der Waals surface area contributed by atoms with Gasteiger partial charge in [0.2, 0.25) is 0 Å². The molecule has 0 spiro atoms. The average Bonchev–Trinajstić information content (AvgIpc) is 2.82. The maximum atomic E-state index is 14.0. The predicted molar refractivity (Wildman–Crippen MR) is 135 cm³/mol. The molecule has 1 saturated heterocycles. The number of rotatable bonds is 12. The largest absolute Gasteiger partial charge is 0.481 e. The van der Waals surface area contributed by atoms with Crippen molar-refractivity contribution in [2.24, 2.45) is 17.8 Å². The van der Waals surface area contributed by atoms with Crippen molar-refractivity contribution in [3.8, 4) is 5.75 Å². The second kappa shape index (κ2) is 13.9. The standard InChI is InChI=1S/C28H44F4OSi/c1-2-3-6-17-34-18-15-25(16-19-34)24-12-9-22(10-13-24)7-4-5-8-23-11-14-27(26(29)20-23)33-21-28(30,31)32/h11,14,20,22,24-25,34H,2-10,12-13,15-19,21H2,1H3. The van der Waals surface area contributed by atoms with Gasteiger partial charge in [-0.1, -0.05) is 88.9 Å². The third-order valence-electron chi connectivity index (χ3n) is 8.38. The Morgan fingerprint density at radius 2 is 1.62 bits per heavy atom. The van der Waals surface area contributed by atoms with E-state index in [-0.39, 0.29) is 5.75 Å². The van der Waals surface area contributed by atoms with Gasteiger partial charge in [-0.3, -0.25) is 0 Å². The lowest BCUT2D eigenvalue weighted by atomic mass is 9.73. The summed E-state index contributed by atoms with van der Waals surface area (Å²) < 4.78 is 55.3. The number of halogens is 4. The number of alkyl halides is 3. The molecule has 194 valence electrons. The van der Waals surface area contributed by atoms with E-state index in [1.165, 1.54) is 76.3 Å². The van der Waals surface area contributed by atoms with Gasteiger partial charge < -0.3 is 4.74 Å². The zero-order valence-electron chi connectivity index (χ0n) is 21.0. The van der Waals surface area contributed by atoms with E-state index in [2.05, 4.69) is 11.7 Å². The van der Waals surface area contributed by atoms with E-state index in [0.717, 1.165) is 42.6 Å². The average molecular weight is 501 g/mol. The van der Waals surface area contributed by atoms with Crippen molar-refractivity contribution in [2.75, 3.05) is 6.61 Å². The number of ether oxygens (including phenoxy) is 1. The molecule has 1 aromatic carbocycles. The van der Waals surface area contributed by atoms with E-state index in [1.807, 2.05) is 0 Å². The van der Waals surface area contributed by atoms with Crippen LogP contribution >= 0.6 is 0 Å². The monoisotopic (exact) mass is 500 g/mol. The van der Waals surface area contributed by atoms with Gasteiger partial charge in [-0.05, 0) is 61.1 Å². The van der Waals surface area contributed by atoms with Gasteiger partial charge in [-0.2, -0.15) is 13.2 Å². The van der Waals surface area contributed by atoms with E-state index in [1.54, 1.807) is 24.2 Å². The molecular formula is C28H44F4OSi. The minimum Gasteiger partial charge on any atom is -0.481 e. The predicted octanol–water partition coefficient (Wildman–Crippen LogP) is 9.11. The molecule has 0 unspecified atom stereocenters. The van der Waals surface area contributed by atoms with E-state index in [9.17, 15) is 17.6 Å². The quantitative estimate of drug-likeness (QED) is 0.158. The van der Waals surface area contributed by atoms with Gasteiger partial charge in [0.05, 0.1) is 0 Å². The molecule has 1 saturated carbocycles. The molecular weight excluding hydrogens is 456 g/mol. The van der Waals surface area contributed by atoms with Gasteiger partial charge in [0.25, 0.3) is 0 Å². The molecule has 0 bridgehead atoms. The Kier molecular flexibility index (Phi) is 11.3. The first-order valence-corrected chi connectivity index (χ1v) is 16.3. The molecule has 2 aliphatic rings. The Hall–Kier alpha value is -1.04. The van der Waals surface area contributed by atoms with Crippen LogP contribution in [0.15, 0.2) is 18.2 Å². The van der Waals surface area contributed by atoms with Crippen molar-refractivity contribution in [1.82, 2.24) is 0 Å². The van der Waals surface area contributed by atoms with Crippen LogP contribution in [0.4, 0.5) is 17.6 Å². The maximum absolute atomic E-state index is 14.0. The lowest BCUT2D eigenvalue weighted by Gasteiger charge is -2.37. The summed E-state index contributed by atoms with van der Waals surface area (Å²) in [5.74, 6) is 1.78. The molecule has 1 aromatic rings. The van der Waals surface area contributed by atoms with Crippen molar-refractivity contribution >= 4 is 8.80 Å². The molecule has 0 radical (unpaired) electrons. The highest BCUT2D eigenvalue weighted by Gasteiger charge is 2.31. The van der Waals surface area contributed by atoms with Crippen LogP contribution in [0.1, 0.15) is 89.5 Å². The van der Waals surface area contributed by atoms with Crippen LogP contribution in [0.2, 0.25) is 18.1 Å². The van der Waals surface area contributed by atoms with Crippen molar-refractivity contribution in [3.05, 3.63) is 29.6 Å². The lowest BCUT2D eigenvalue weighted by molar-refractivity contribution is -0.153. The SMILES string of the molecule is CCCCC[SiH]1CCC(C2CCC(CCCCc3ccc(OCC(F)(F)F)c(F)c3)CC2)CC1. The molecule has 34 heavy (non-hydrogen) atoms. The molecule has 1 aliphatic heterocycles. The fraction of sp³-hybridized carbons (Fsp3) is 0.786. The molecule has 1 aliphatic carbocycles. The van der Waals surface area contributed by atoms with Gasteiger partial charge in [0.15, 0.2) is 18.2 Å². The zero-order valence-corrected chi connectivity index (χ0v) is 22.1. The highest BCUT2D eigenvalue weighted by atomic mass is 28.3. The molecule has 0 amide bonds. The first kappa shape index (κ1) is 27.5. The summed E-state index contributed by atoms with van der Waals surface area (Å²) >= 11 is 0. The van der Waals surface area contributed by atoms with Crippen molar-refractivity contribution in [1.29, 1.82) is 0 Å². The summed E-state index contributed by atoms with van der Waals surface area (Å²) in [5, 5.41) is 0. The number of hydrogen-bond acceptors (Lipinski definition) is 1. The van der Waals surface area contributed by atoms with E-state index < -0.39 is 27.4 Å². The third kappa shape index (κ3) is 9.54. The fourth-order valence-corrected chi connectivity index (χ4v) is 9.85. The van der Waals surface area contributed by atoms with E-state index in [4.69, 9.17) is 0 Å². The number of benzene rings is 1. The molecule has 0 aromatic heterocycles. The molecule has 2 fully saturated rings. The smallest absolute Gasteiger partial charge is 0.422 e. The van der Waals surface area contributed by atoms with Crippen LogP contribution in [0.25, 0.3) is 0 Å². The zero-order chi connectivity index (χ0) is 24.4. The molecule has 1 heterocycles. The Morgan fingerprint density at radius 3 is 2.26 bits per heavy atom. The molecule has 3 rings (SSSR count). The Labute approximate surface area is 205 Å². The lowest BCUT2D eigenvalue weighted by Crippen LogP contribution is -2.28. The third-order valence-corrected chi connectivity index (χ3v) is 11.9. The van der Waals surface area contributed by atoms with Gasteiger partial charge in [0, 0.05) is 8.80 Å². The maximum Gasteiger partial charge on any atom is 0.422 e. The van der Waals surface area contributed by atoms with Gasteiger partial charge in [-0.25, -0.2) is 4.39 Å². The number of hydrogen-bond donors (Lipinski definition) is 0. The molecule has 6 heteroatoms. The summed E-state index contributed by atoms with van der Waals surface area (Å²) in [4.78, 5) is 0. The number of unbranched alkanes of at least 4 members (excludes halogenated alkanes) is 3. The summed E-state index contributed by atoms with van der Waals surface area (Å²) in [6, 6.07) is 9.11. The normalized spacial score (nSPS) is 25.9. The van der Waals surface area contributed by atoms with Gasteiger partial charge in [-0.15, -0.1) is 0 Å². The highest BCUT2D eigenvalue weighted by molar-refractivity contribution is 6.58. The molecule has 0 N–H and O–H groups in total. The van der Waals surface area contributed by atoms with Crippen LogP contribution in [-0.4, -0.2) is 21.6 Å². The minimum atomic E-state index is -4.46. The minimum absolute atomic E-state index is 0.329. The van der Waals surface area contributed by atoms with E-state index >= 15 is 0 Å². The van der Waals surface area contributed by atoms with Crippen LogP contribution in [0.3, 0.4) is 0 Å². The molecule has 0 atom stereocenters. The summed E-state index contributed by atoms with van der Waals surface area (Å²) in [6.07, 6.45) is 12.6. The Balaban J connectivity index is 1.27. The van der Waals surface area contributed by atoms with Crippen LogP contribution in [0.5, 0.6) is 5.75 Å². The topological polar surface area (TPSA) is 9.23 Å². The molecule has 1 nitrogen and oxygen atoms in total. The van der Waals surface area contributed by atoms with Gasteiger partial charge >= 0.3 is 6.18 Å². The second-order valence-corrected chi connectivity index (χ2v) is 14.4. The number of aryl methyl sites for hydroxylation is 1.